The van der Waals surface area contributed by atoms with E-state index in [0.29, 0.717) is 30.6 Å². The molecule has 1 heterocycles. The number of nitrogens with zero attached hydrogens (tertiary/aromatic N) is 1. The molecular formula is C42H52N6O12. The molecular weight excluding hydrogens is 780 g/mol. The SMILES string of the molecule is CCC[C@H](NC(=O)N[C@@H](CCCCNC(=O)[C@H](Cc1ccccc1)NC(=O)COc1ccc(C[C@H](CC(=O)CNC(=O)c2ccc(C)nc2)C(=O)O)cc1)OC=O)C(=O)O. The van der Waals surface area contributed by atoms with E-state index in [-0.39, 0.29) is 57.2 Å². The number of aromatic nitrogens is 1. The predicted molar refractivity (Wildman–Crippen MR) is 216 cm³/mol. The van der Waals surface area contributed by atoms with Crippen LogP contribution in [0.4, 0.5) is 4.79 Å². The lowest BCUT2D eigenvalue weighted by Crippen LogP contribution is -2.50. The van der Waals surface area contributed by atoms with Crippen LogP contribution in [0.15, 0.2) is 72.9 Å². The van der Waals surface area contributed by atoms with Gasteiger partial charge in [0.05, 0.1) is 18.0 Å². The summed E-state index contributed by atoms with van der Waals surface area (Å²) in [6.07, 6.45) is 2.03. The van der Waals surface area contributed by atoms with E-state index >= 15 is 0 Å². The largest absolute Gasteiger partial charge is 0.484 e. The van der Waals surface area contributed by atoms with Crippen molar-refractivity contribution in [2.75, 3.05) is 19.7 Å². The lowest BCUT2D eigenvalue weighted by molar-refractivity contribution is -0.143. The smallest absolute Gasteiger partial charge is 0.326 e. The Balaban J connectivity index is 1.47. The number of Topliss-reactive ketones (excluding diaryl/α,β-unsaturated/α-hetero) is 1. The molecule has 0 aliphatic heterocycles. The van der Waals surface area contributed by atoms with E-state index < -0.39 is 72.3 Å². The zero-order chi connectivity index (χ0) is 43.9. The normalized spacial score (nSPS) is 12.6. The molecule has 60 heavy (non-hydrogen) atoms. The second-order valence-corrected chi connectivity index (χ2v) is 13.9. The van der Waals surface area contributed by atoms with Gasteiger partial charge in [0.1, 0.15) is 17.8 Å². The number of urea groups is 1. The number of ketones is 1. The summed E-state index contributed by atoms with van der Waals surface area (Å²) in [6.45, 7) is 3.15. The number of hydrogen-bond acceptors (Lipinski definition) is 11. The summed E-state index contributed by atoms with van der Waals surface area (Å²) in [5, 5.41) is 31.8. The minimum absolute atomic E-state index is 0.0309. The highest BCUT2D eigenvalue weighted by molar-refractivity contribution is 5.97. The average molecular weight is 833 g/mol. The summed E-state index contributed by atoms with van der Waals surface area (Å²) in [5.41, 5.74) is 2.41. The van der Waals surface area contributed by atoms with Gasteiger partial charge in [-0.25, -0.2) is 9.59 Å². The van der Waals surface area contributed by atoms with Crippen molar-refractivity contribution in [1.82, 2.24) is 31.6 Å². The van der Waals surface area contributed by atoms with Gasteiger partial charge < -0.3 is 46.3 Å². The Morgan fingerprint density at radius 3 is 2.13 bits per heavy atom. The van der Waals surface area contributed by atoms with Crippen molar-refractivity contribution < 1.29 is 58.0 Å². The molecule has 3 aromatic rings. The number of carboxylic acids is 2. The van der Waals surface area contributed by atoms with Gasteiger partial charge in [-0.15, -0.1) is 0 Å². The lowest BCUT2D eigenvalue weighted by Gasteiger charge is -2.20. The Morgan fingerprint density at radius 1 is 0.783 bits per heavy atom. The van der Waals surface area contributed by atoms with E-state index in [4.69, 9.17) is 9.47 Å². The number of unbranched alkanes of at least 4 members (excludes halogenated alkanes) is 1. The molecule has 18 nitrogen and oxygen atoms in total. The van der Waals surface area contributed by atoms with Gasteiger partial charge in [0.2, 0.25) is 5.91 Å². The first-order chi connectivity index (χ1) is 28.8. The number of ether oxygens (including phenoxy) is 2. The number of carbonyl (C=O) groups is 8. The second-order valence-electron chi connectivity index (χ2n) is 13.9. The summed E-state index contributed by atoms with van der Waals surface area (Å²) in [4.78, 5) is 102. The third-order valence-corrected chi connectivity index (χ3v) is 9.04. The molecule has 4 atom stereocenters. The Morgan fingerprint density at radius 2 is 1.50 bits per heavy atom. The van der Waals surface area contributed by atoms with E-state index in [0.717, 1.165) is 11.3 Å². The topological polar surface area (TPSA) is 269 Å². The fourth-order valence-corrected chi connectivity index (χ4v) is 5.85. The van der Waals surface area contributed by atoms with Gasteiger partial charge in [0, 0.05) is 37.7 Å². The van der Waals surface area contributed by atoms with Gasteiger partial charge >= 0.3 is 18.0 Å². The number of amides is 5. The first kappa shape index (κ1) is 47.5. The summed E-state index contributed by atoms with van der Waals surface area (Å²) < 4.78 is 10.6. The Labute approximate surface area is 347 Å². The van der Waals surface area contributed by atoms with Crippen LogP contribution in [0.25, 0.3) is 0 Å². The number of aryl methyl sites for hydroxylation is 1. The van der Waals surface area contributed by atoms with Gasteiger partial charge in [-0.3, -0.25) is 33.8 Å². The van der Waals surface area contributed by atoms with E-state index in [1.54, 1.807) is 62.4 Å². The van der Waals surface area contributed by atoms with Gasteiger partial charge in [0.25, 0.3) is 18.3 Å². The number of hydrogen-bond donors (Lipinski definition) is 7. The van der Waals surface area contributed by atoms with Crippen molar-refractivity contribution in [3.05, 3.63) is 95.3 Å². The van der Waals surface area contributed by atoms with Crippen LogP contribution >= 0.6 is 0 Å². The van der Waals surface area contributed by atoms with Crippen LogP contribution in [0.5, 0.6) is 5.75 Å². The van der Waals surface area contributed by atoms with Crippen molar-refractivity contribution in [1.29, 1.82) is 0 Å². The molecule has 3 rings (SSSR count). The van der Waals surface area contributed by atoms with E-state index in [9.17, 15) is 48.6 Å². The molecule has 5 amide bonds. The van der Waals surface area contributed by atoms with Gasteiger partial charge in [-0.2, -0.15) is 0 Å². The summed E-state index contributed by atoms with van der Waals surface area (Å²) in [7, 11) is 0. The minimum Gasteiger partial charge on any atom is -0.484 e. The summed E-state index contributed by atoms with van der Waals surface area (Å²) >= 11 is 0. The zero-order valence-electron chi connectivity index (χ0n) is 33.5. The fourth-order valence-electron chi connectivity index (χ4n) is 5.85. The zero-order valence-corrected chi connectivity index (χ0v) is 33.5. The average Bonchev–Trinajstić information content (AvgIpc) is 3.22. The van der Waals surface area contributed by atoms with Crippen LogP contribution in [0, 0.1) is 12.8 Å². The van der Waals surface area contributed by atoms with Crippen molar-refractivity contribution >= 4 is 47.9 Å². The monoisotopic (exact) mass is 832 g/mol. The number of pyridine rings is 1. The molecule has 0 spiro atoms. The van der Waals surface area contributed by atoms with Crippen LogP contribution in [0.2, 0.25) is 0 Å². The lowest BCUT2D eigenvalue weighted by atomic mass is 9.94. The highest BCUT2D eigenvalue weighted by atomic mass is 16.5. The Bertz CT molecular complexity index is 1890. The maximum Gasteiger partial charge on any atom is 0.326 e. The van der Waals surface area contributed by atoms with Crippen LogP contribution < -0.4 is 31.3 Å². The maximum atomic E-state index is 13.3. The van der Waals surface area contributed by atoms with Crippen molar-refractivity contribution in [3.8, 4) is 5.75 Å². The quantitative estimate of drug-likeness (QED) is 0.0331. The molecule has 18 heteroatoms. The van der Waals surface area contributed by atoms with Gasteiger partial charge in [0.15, 0.2) is 18.6 Å². The molecule has 322 valence electrons. The molecule has 0 aliphatic carbocycles. The first-order valence-corrected chi connectivity index (χ1v) is 19.4. The molecule has 0 bridgehead atoms. The third-order valence-electron chi connectivity index (χ3n) is 9.04. The molecule has 0 saturated carbocycles. The molecule has 0 fully saturated rings. The van der Waals surface area contributed by atoms with Gasteiger partial charge in [-0.05, 0) is 68.0 Å². The molecule has 7 N–H and O–H groups in total. The van der Waals surface area contributed by atoms with Crippen LogP contribution in [0.3, 0.4) is 0 Å². The number of carbonyl (C=O) groups excluding carboxylic acids is 6. The van der Waals surface area contributed by atoms with E-state index in [1.165, 1.54) is 6.20 Å². The molecule has 2 aromatic carbocycles. The van der Waals surface area contributed by atoms with Gasteiger partial charge in [-0.1, -0.05) is 55.8 Å². The Kier molecular flexibility index (Phi) is 20.2. The summed E-state index contributed by atoms with van der Waals surface area (Å²) in [5.74, 6) is -5.08. The standard InChI is InChI=1S/C42H52N6O12/c1-3-9-34(41(56)57)47-42(58)48-37(60-26-49)12-7-8-19-43-39(53)35(21-28-10-5-4-6-11-28)46-36(51)25-59-33-17-14-29(15-18-33)20-31(40(54)55)22-32(50)24-45-38(52)30-16-13-27(2)44-23-30/h4-6,10-11,13-18,23,26,31,34-35,37H,3,7-9,12,19-22,24-25H2,1-2H3,(H,43,53)(H,45,52)(H,46,51)(H,54,55)(H,56,57)(H2,47,48,58)/t31-,34+,35+,37-/m1/s1. The molecule has 0 aliphatic rings. The molecule has 0 saturated heterocycles. The van der Waals surface area contributed by atoms with Crippen molar-refractivity contribution in [2.45, 2.75) is 83.5 Å². The van der Waals surface area contributed by atoms with Crippen LogP contribution in [-0.4, -0.2) is 101 Å². The van der Waals surface area contributed by atoms with Crippen molar-refractivity contribution in [2.24, 2.45) is 5.92 Å². The third kappa shape index (κ3) is 17.7. The number of carboxylic acid groups (broad SMARTS) is 2. The molecule has 1 aromatic heterocycles. The molecule has 0 radical (unpaired) electrons. The molecule has 0 unspecified atom stereocenters. The van der Waals surface area contributed by atoms with E-state index in [2.05, 4.69) is 31.6 Å². The highest BCUT2D eigenvalue weighted by Crippen LogP contribution is 2.18. The maximum absolute atomic E-state index is 13.3. The number of aliphatic carboxylic acids is 2. The van der Waals surface area contributed by atoms with Crippen LogP contribution in [-0.2, 0) is 46.3 Å². The number of benzene rings is 2. The van der Waals surface area contributed by atoms with Crippen LogP contribution in [0.1, 0.15) is 72.6 Å². The van der Waals surface area contributed by atoms with E-state index in [1.807, 2.05) is 18.2 Å². The first-order valence-electron chi connectivity index (χ1n) is 19.4. The predicted octanol–water partition coefficient (Wildman–Crippen LogP) is 2.47. The number of nitrogens with one attached hydrogen (secondary N) is 5. The minimum atomic E-state index is -1.19. The second kappa shape index (κ2) is 25.5. The van der Waals surface area contributed by atoms with Crippen molar-refractivity contribution in [3.63, 3.8) is 0 Å². The number of rotatable bonds is 27. The Hall–Kier alpha value is -6.85. The summed E-state index contributed by atoms with van der Waals surface area (Å²) in [6, 6.07) is 15.8. The highest BCUT2D eigenvalue weighted by Gasteiger charge is 2.24. The fraction of sp³-hybridized carbons (Fsp3) is 0.405.